The summed E-state index contributed by atoms with van der Waals surface area (Å²) < 4.78 is 5.16. The van der Waals surface area contributed by atoms with Crippen molar-refractivity contribution < 1.29 is 4.74 Å². The normalized spacial score (nSPS) is 12.5. The summed E-state index contributed by atoms with van der Waals surface area (Å²) in [6.45, 7) is 5.77. The molecule has 0 bridgehead atoms. The lowest BCUT2D eigenvalue weighted by Gasteiger charge is -2.03. The van der Waals surface area contributed by atoms with Crippen LogP contribution in [0.1, 0.15) is 6.92 Å². The molecule has 0 unspecified atom stereocenters. The molecule has 0 N–H and O–H groups in total. The number of hydrogen-bond donors (Lipinski definition) is 0. The average Bonchev–Trinajstić information content (AvgIpc) is 2.80. The highest BCUT2D eigenvalue weighted by Crippen LogP contribution is 2.06. The highest BCUT2D eigenvalue weighted by atomic mass is 16.5. The predicted octanol–water partition coefficient (Wildman–Crippen LogP) is 1.77. The van der Waals surface area contributed by atoms with E-state index in [4.69, 9.17) is 4.74 Å². The van der Waals surface area contributed by atoms with Gasteiger partial charge in [0.05, 0.1) is 13.3 Å². The molecule has 84 valence electrons. The fraction of sp³-hybridized carbons (Fsp3) is 0.182. The number of ether oxygens (including phenoxy) is 1. The number of aromatic nitrogens is 3. The fourth-order valence-corrected chi connectivity index (χ4v) is 0.944. The smallest absolute Gasteiger partial charge is 0.139 e. The Kier molecular flexibility index (Phi) is 4.72. The summed E-state index contributed by atoms with van der Waals surface area (Å²) in [7, 11) is 1.59. The summed E-state index contributed by atoms with van der Waals surface area (Å²) in [5, 5.41) is 7.84. The van der Waals surface area contributed by atoms with E-state index in [1.807, 2.05) is 25.2 Å². The van der Waals surface area contributed by atoms with E-state index in [-0.39, 0.29) is 0 Å². The molecule has 0 atom stereocenters. The Morgan fingerprint density at radius 2 is 2.38 bits per heavy atom. The molecule has 0 saturated carbocycles. The van der Waals surface area contributed by atoms with Gasteiger partial charge in [-0.05, 0) is 13.0 Å². The van der Waals surface area contributed by atoms with E-state index in [0.29, 0.717) is 11.3 Å². The second-order valence-corrected chi connectivity index (χ2v) is 2.85. The Hall–Kier alpha value is -2.17. The van der Waals surface area contributed by atoms with Gasteiger partial charge in [-0.2, -0.15) is 5.10 Å². The molecule has 0 aromatic carbocycles. The first-order valence-electron chi connectivity index (χ1n) is 4.73. The van der Waals surface area contributed by atoms with Crippen LogP contribution in [-0.2, 0) is 4.74 Å². The third kappa shape index (κ3) is 3.53. The molecular formula is C11H14N4O. The number of methoxy groups -OCH3 is 1. The third-order valence-corrected chi connectivity index (χ3v) is 1.71. The second-order valence-electron chi connectivity index (χ2n) is 2.85. The molecule has 0 radical (unpaired) electrons. The van der Waals surface area contributed by atoms with Gasteiger partial charge in [-0.1, -0.05) is 18.7 Å². The molecular weight excluding hydrogens is 204 g/mol. The highest BCUT2D eigenvalue weighted by molar-refractivity contribution is 5.82. The van der Waals surface area contributed by atoms with Crippen LogP contribution in [0.2, 0.25) is 0 Å². The van der Waals surface area contributed by atoms with Gasteiger partial charge < -0.3 is 4.74 Å². The topological polar surface area (TPSA) is 52.3 Å². The van der Waals surface area contributed by atoms with Gasteiger partial charge in [0.1, 0.15) is 18.4 Å². The summed E-state index contributed by atoms with van der Waals surface area (Å²) >= 11 is 0. The van der Waals surface area contributed by atoms with Crippen LogP contribution >= 0.6 is 0 Å². The van der Waals surface area contributed by atoms with Crippen molar-refractivity contribution in [2.75, 3.05) is 7.11 Å². The first-order valence-corrected chi connectivity index (χ1v) is 4.73. The van der Waals surface area contributed by atoms with Crippen molar-refractivity contribution in [3.8, 4) is 0 Å². The van der Waals surface area contributed by atoms with Crippen molar-refractivity contribution in [3.05, 3.63) is 48.8 Å². The van der Waals surface area contributed by atoms with E-state index in [9.17, 15) is 0 Å². The van der Waals surface area contributed by atoms with E-state index in [0.717, 1.165) is 0 Å². The lowest BCUT2D eigenvalue weighted by molar-refractivity contribution is 0.304. The largest absolute Gasteiger partial charge is 0.496 e. The zero-order valence-corrected chi connectivity index (χ0v) is 9.37. The van der Waals surface area contributed by atoms with Crippen LogP contribution in [0, 0.1) is 0 Å². The van der Waals surface area contributed by atoms with Crippen LogP contribution in [0.25, 0.3) is 0 Å². The first-order chi connectivity index (χ1) is 7.77. The van der Waals surface area contributed by atoms with Crippen LogP contribution in [0.5, 0.6) is 0 Å². The standard InChI is InChI=1S/C11H14N4O/c1-4-5-6-11(16-3)10(2)7-13-15-9-12-8-14-15/h4-9H,2H2,1,3H3/b5-4-,11-6+,13-7+. The van der Waals surface area contributed by atoms with Gasteiger partial charge in [0, 0.05) is 5.57 Å². The molecule has 0 saturated heterocycles. The lowest BCUT2D eigenvalue weighted by atomic mass is 10.2. The van der Waals surface area contributed by atoms with Crippen molar-refractivity contribution in [1.29, 1.82) is 0 Å². The van der Waals surface area contributed by atoms with E-state index < -0.39 is 0 Å². The van der Waals surface area contributed by atoms with Gasteiger partial charge in [0.25, 0.3) is 0 Å². The first kappa shape index (κ1) is 11.9. The zero-order chi connectivity index (χ0) is 11.8. The summed E-state index contributed by atoms with van der Waals surface area (Å²) in [5.74, 6) is 0.655. The van der Waals surface area contributed by atoms with Gasteiger partial charge in [-0.3, -0.25) is 0 Å². The van der Waals surface area contributed by atoms with Crippen molar-refractivity contribution in [1.82, 2.24) is 14.9 Å². The minimum atomic E-state index is 0.655. The Morgan fingerprint density at radius 1 is 1.56 bits per heavy atom. The Labute approximate surface area is 94.5 Å². The molecule has 1 heterocycles. The van der Waals surface area contributed by atoms with Crippen LogP contribution < -0.4 is 0 Å². The lowest BCUT2D eigenvalue weighted by Crippen LogP contribution is -1.95. The van der Waals surface area contributed by atoms with Crippen molar-refractivity contribution >= 4 is 6.21 Å². The Morgan fingerprint density at radius 3 is 2.94 bits per heavy atom. The van der Waals surface area contributed by atoms with Gasteiger partial charge in [0.15, 0.2) is 0 Å². The van der Waals surface area contributed by atoms with Gasteiger partial charge in [-0.25, -0.2) is 4.98 Å². The van der Waals surface area contributed by atoms with Gasteiger partial charge in [0.2, 0.25) is 0 Å². The van der Waals surface area contributed by atoms with Crippen LogP contribution in [0.4, 0.5) is 0 Å². The molecule has 0 spiro atoms. The van der Waals surface area contributed by atoms with Gasteiger partial charge >= 0.3 is 0 Å². The zero-order valence-electron chi connectivity index (χ0n) is 9.37. The summed E-state index contributed by atoms with van der Waals surface area (Å²) in [6, 6.07) is 0. The number of hydrogen-bond acceptors (Lipinski definition) is 4. The van der Waals surface area contributed by atoms with Crippen LogP contribution in [0.15, 0.2) is 53.9 Å². The molecule has 0 amide bonds. The van der Waals surface area contributed by atoms with E-state index in [2.05, 4.69) is 21.8 Å². The maximum atomic E-state index is 5.16. The minimum absolute atomic E-state index is 0.655. The maximum Gasteiger partial charge on any atom is 0.139 e. The monoisotopic (exact) mass is 218 g/mol. The highest BCUT2D eigenvalue weighted by Gasteiger charge is 1.98. The Bertz CT molecular complexity index is 415. The molecule has 1 rings (SSSR count). The average molecular weight is 218 g/mol. The van der Waals surface area contributed by atoms with Crippen LogP contribution in [-0.4, -0.2) is 28.2 Å². The molecule has 0 aliphatic heterocycles. The van der Waals surface area contributed by atoms with E-state index >= 15 is 0 Å². The maximum absolute atomic E-state index is 5.16. The third-order valence-electron chi connectivity index (χ3n) is 1.71. The molecule has 5 heteroatoms. The molecule has 0 fully saturated rings. The molecule has 16 heavy (non-hydrogen) atoms. The molecule has 1 aromatic heterocycles. The number of allylic oxidation sites excluding steroid dienone is 4. The second kappa shape index (κ2) is 6.34. The quantitative estimate of drug-likeness (QED) is 0.430. The predicted molar refractivity (Wildman–Crippen MR) is 63.0 cm³/mol. The summed E-state index contributed by atoms with van der Waals surface area (Å²) in [4.78, 5) is 5.11. The van der Waals surface area contributed by atoms with Crippen molar-refractivity contribution in [2.24, 2.45) is 5.10 Å². The Balaban J connectivity index is 2.70. The number of rotatable bonds is 5. The molecule has 0 aliphatic rings. The molecule has 0 aliphatic carbocycles. The fourth-order valence-electron chi connectivity index (χ4n) is 0.944. The van der Waals surface area contributed by atoms with E-state index in [1.165, 1.54) is 17.4 Å². The SMILES string of the molecule is C=C(/C=N/n1cncn1)/C(=C\C=C/C)OC. The summed E-state index contributed by atoms with van der Waals surface area (Å²) in [6.07, 6.45) is 10.1. The van der Waals surface area contributed by atoms with Crippen molar-refractivity contribution in [2.45, 2.75) is 6.92 Å². The van der Waals surface area contributed by atoms with Crippen LogP contribution in [0.3, 0.4) is 0 Å². The number of nitrogens with zero attached hydrogens (tertiary/aromatic N) is 4. The molecule has 5 nitrogen and oxygen atoms in total. The minimum Gasteiger partial charge on any atom is -0.496 e. The summed E-state index contributed by atoms with van der Waals surface area (Å²) in [5.41, 5.74) is 0.663. The van der Waals surface area contributed by atoms with E-state index in [1.54, 1.807) is 13.3 Å². The molecule has 1 aromatic rings. The van der Waals surface area contributed by atoms with Gasteiger partial charge in [-0.15, -0.1) is 9.89 Å². The van der Waals surface area contributed by atoms with Crippen molar-refractivity contribution in [3.63, 3.8) is 0 Å².